The number of ether oxygens (including phenoxy) is 1. The van der Waals surface area contributed by atoms with E-state index in [1.807, 2.05) is 35.9 Å². The summed E-state index contributed by atoms with van der Waals surface area (Å²) in [4.78, 5) is 12.7. The van der Waals surface area contributed by atoms with Gasteiger partial charge in [0.2, 0.25) is 0 Å². The third kappa shape index (κ3) is 2.88. The van der Waals surface area contributed by atoms with E-state index in [4.69, 9.17) is 4.74 Å². The fourth-order valence-electron chi connectivity index (χ4n) is 3.24. The van der Waals surface area contributed by atoms with Crippen LogP contribution in [0.1, 0.15) is 23.2 Å². The fraction of sp³-hybridized carbons (Fsp3) is 0.389. The Morgan fingerprint density at radius 1 is 1.43 bits per heavy atom. The number of aryl methyl sites for hydroxylation is 1. The molecule has 3 unspecified atom stereocenters. The van der Waals surface area contributed by atoms with Crippen molar-refractivity contribution in [3.8, 4) is 0 Å². The maximum absolute atomic E-state index is 13.9. The van der Waals surface area contributed by atoms with Crippen molar-refractivity contribution in [2.24, 2.45) is 7.05 Å². The van der Waals surface area contributed by atoms with E-state index in [1.165, 1.54) is 0 Å². The molecule has 1 aliphatic carbocycles. The molecule has 1 heterocycles. The van der Waals surface area contributed by atoms with Crippen molar-refractivity contribution >= 4 is 16.8 Å². The SMILES string of the molecule is C=C1CC(OC)C(NC(=O)c2cn(C)c3ccccc23)CC1F. The van der Waals surface area contributed by atoms with E-state index in [-0.39, 0.29) is 24.5 Å². The summed E-state index contributed by atoms with van der Waals surface area (Å²) in [7, 11) is 3.48. The molecule has 3 rings (SSSR count). The summed E-state index contributed by atoms with van der Waals surface area (Å²) in [5.41, 5.74) is 2.12. The minimum Gasteiger partial charge on any atom is -0.379 e. The van der Waals surface area contributed by atoms with Gasteiger partial charge in [-0.1, -0.05) is 24.8 Å². The standard InChI is InChI=1S/C18H21FN2O2/c1-11-8-17(23-3)15(9-14(11)19)20-18(22)13-10-21(2)16-7-5-4-6-12(13)16/h4-7,10,14-15,17H,1,8-9H2,2-3H3,(H,20,22). The van der Waals surface area contributed by atoms with Crippen LogP contribution in [0, 0.1) is 0 Å². The molecule has 0 spiro atoms. The first kappa shape index (κ1) is 15.7. The third-order valence-corrected chi connectivity index (χ3v) is 4.58. The van der Waals surface area contributed by atoms with E-state index in [0.29, 0.717) is 17.6 Å². The number of carbonyl (C=O) groups is 1. The number of nitrogens with zero attached hydrogens (tertiary/aromatic N) is 1. The molecule has 1 aromatic carbocycles. The Morgan fingerprint density at radius 3 is 2.91 bits per heavy atom. The summed E-state index contributed by atoms with van der Waals surface area (Å²) in [6.07, 6.45) is 1.09. The number of para-hydroxylation sites is 1. The lowest BCUT2D eigenvalue weighted by atomic mass is 9.87. The van der Waals surface area contributed by atoms with Gasteiger partial charge < -0.3 is 14.6 Å². The Bertz CT molecular complexity index is 753. The van der Waals surface area contributed by atoms with Gasteiger partial charge in [0.25, 0.3) is 5.91 Å². The van der Waals surface area contributed by atoms with E-state index in [0.717, 1.165) is 10.9 Å². The number of methoxy groups -OCH3 is 1. The summed E-state index contributed by atoms with van der Waals surface area (Å²) in [6, 6.07) is 7.36. The Balaban J connectivity index is 1.84. The highest BCUT2D eigenvalue weighted by atomic mass is 19.1. The second-order valence-corrected chi connectivity index (χ2v) is 6.09. The minimum absolute atomic E-state index is 0.200. The highest BCUT2D eigenvalue weighted by molar-refractivity contribution is 6.07. The van der Waals surface area contributed by atoms with Crippen molar-refractivity contribution in [2.45, 2.75) is 31.2 Å². The summed E-state index contributed by atoms with van der Waals surface area (Å²) in [5.74, 6) is -0.200. The molecular formula is C18H21FN2O2. The molecule has 1 fully saturated rings. The van der Waals surface area contributed by atoms with Crippen molar-refractivity contribution in [1.29, 1.82) is 0 Å². The zero-order valence-electron chi connectivity index (χ0n) is 13.4. The first-order valence-corrected chi connectivity index (χ1v) is 7.70. The first-order chi connectivity index (χ1) is 11.0. The van der Waals surface area contributed by atoms with Crippen LogP contribution < -0.4 is 5.32 Å². The van der Waals surface area contributed by atoms with Gasteiger partial charge in [-0.3, -0.25) is 4.79 Å². The van der Waals surface area contributed by atoms with Gasteiger partial charge in [0.15, 0.2) is 0 Å². The van der Waals surface area contributed by atoms with Crippen LogP contribution >= 0.6 is 0 Å². The number of aromatic nitrogens is 1. The molecule has 1 aliphatic rings. The molecule has 5 heteroatoms. The van der Waals surface area contributed by atoms with Gasteiger partial charge in [-0.2, -0.15) is 0 Å². The van der Waals surface area contributed by atoms with Crippen LogP contribution in [0.25, 0.3) is 10.9 Å². The number of hydrogen-bond donors (Lipinski definition) is 1. The van der Waals surface area contributed by atoms with Crippen LogP contribution in [0.3, 0.4) is 0 Å². The second-order valence-electron chi connectivity index (χ2n) is 6.09. The van der Waals surface area contributed by atoms with Crippen molar-refractivity contribution < 1.29 is 13.9 Å². The Hall–Kier alpha value is -2.14. The second kappa shape index (κ2) is 6.16. The van der Waals surface area contributed by atoms with Crippen molar-refractivity contribution in [3.63, 3.8) is 0 Å². The van der Waals surface area contributed by atoms with Crippen molar-refractivity contribution in [1.82, 2.24) is 9.88 Å². The number of amides is 1. The lowest BCUT2D eigenvalue weighted by Crippen LogP contribution is -2.49. The summed E-state index contributed by atoms with van der Waals surface area (Å²) >= 11 is 0. The van der Waals surface area contributed by atoms with Gasteiger partial charge in [-0.05, 0) is 18.1 Å². The largest absolute Gasteiger partial charge is 0.379 e. The fourth-order valence-corrected chi connectivity index (χ4v) is 3.24. The van der Waals surface area contributed by atoms with Crippen molar-refractivity contribution in [2.75, 3.05) is 7.11 Å². The minimum atomic E-state index is -1.10. The molecule has 3 atom stereocenters. The number of benzene rings is 1. The topological polar surface area (TPSA) is 43.3 Å². The van der Waals surface area contributed by atoms with Crippen LogP contribution in [0.4, 0.5) is 4.39 Å². The molecule has 4 nitrogen and oxygen atoms in total. The smallest absolute Gasteiger partial charge is 0.253 e. The molecule has 0 bridgehead atoms. The van der Waals surface area contributed by atoms with E-state index in [2.05, 4.69) is 11.9 Å². The lowest BCUT2D eigenvalue weighted by molar-refractivity contribution is 0.0385. The van der Waals surface area contributed by atoms with Crippen LogP contribution in [-0.4, -0.2) is 35.9 Å². The lowest BCUT2D eigenvalue weighted by Gasteiger charge is -2.34. The first-order valence-electron chi connectivity index (χ1n) is 7.70. The number of fused-ring (bicyclic) bond motifs is 1. The van der Waals surface area contributed by atoms with Crippen LogP contribution in [0.5, 0.6) is 0 Å². The number of rotatable bonds is 3. The van der Waals surface area contributed by atoms with Crippen LogP contribution in [0.15, 0.2) is 42.6 Å². The number of alkyl halides is 1. The Labute approximate surface area is 134 Å². The maximum atomic E-state index is 13.9. The third-order valence-electron chi connectivity index (χ3n) is 4.58. The zero-order valence-corrected chi connectivity index (χ0v) is 13.4. The maximum Gasteiger partial charge on any atom is 0.253 e. The monoisotopic (exact) mass is 316 g/mol. The predicted octanol–water partition coefficient (Wildman–Crippen LogP) is 2.98. The molecule has 23 heavy (non-hydrogen) atoms. The molecule has 0 aliphatic heterocycles. The Kier molecular flexibility index (Phi) is 4.22. The average molecular weight is 316 g/mol. The average Bonchev–Trinajstić information content (AvgIpc) is 2.88. The predicted molar refractivity (Wildman–Crippen MR) is 88.2 cm³/mol. The van der Waals surface area contributed by atoms with Gasteiger partial charge >= 0.3 is 0 Å². The van der Waals surface area contributed by atoms with Gasteiger partial charge in [-0.15, -0.1) is 0 Å². The molecular weight excluding hydrogens is 295 g/mol. The molecule has 122 valence electrons. The molecule has 1 aromatic heterocycles. The van der Waals surface area contributed by atoms with E-state index >= 15 is 0 Å². The number of halogens is 1. The highest BCUT2D eigenvalue weighted by Gasteiger charge is 2.34. The van der Waals surface area contributed by atoms with Crippen LogP contribution in [-0.2, 0) is 11.8 Å². The molecule has 2 aromatic rings. The number of hydrogen-bond acceptors (Lipinski definition) is 2. The summed E-state index contributed by atoms with van der Waals surface area (Å²) in [6.45, 7) is 3.74. The van der Waals surface area contributed by atoms with E-state index < -0.39 is 6.17 Å². The summed E-state index contributed by atoms with van der Waals surface area (Å²) in [5, 5.41) is 3.82. The number of carbonyl (C=O) groups excluding carboxylic acids is 1. The van der Waals surface area contributed by atoms with E-state index in [9.17, 15) is 9.18 Å². The Morgan fingerprint density at radius 2 is 2.17 bits per heavy atom. The van der Waals surface area contributed by atoms with Gasteiger partial charge in [0, 0.05) is 37.7 Å². The molecule has 0 radical (unpaired) electrons. The zero-order chi connectivity index (χ0) is 16.6. The molecule has 1 amide bonds. The molecule has 1 N–H and O–H groups in total. The molecule has 0 saturated heterocycles. The van der Waals surface area contributed by atoms with E-state index in [1.54, 1.807) is 13.3 Å². The quantitative estimate of drug-likeness (QED) is 0.885. The number of nitrogens with one attached hydrogen (secondary N) is 1. The van der Waals surface area contributed by atoms with Crippen LogP contribution in [0.2, 0.25) is 0 Å². The van der Waals surface area contributed by atoms with Gasteiger partial charge in [0.05, 0.1) is 17.7 Å². The van der Waals surface area contributed by atoms with Gasteiger partial charge in [0.1, 0.15) is 6.17 Å². The summed E-state index contributed by atoms with van der Waals surface area (Å²) < 4.78 is 21.3. The molecule has 1 saturated carbocycles. The normalized spacial score (nSPS) is 24.8. The van der Waals surface area contributed by atoms with Gasteiger partial charge in [-0.25, -0.2) is 4.39 Å². The highest BCUT2D eigenvalue weighted by Crippen LogP contribution is 2.28. The van der Waals surface area contributed by atoms with Crippen molar-refractivity contribution in [3.05, 3.63) is 48.2 Å².